The van der Waals surface area contributed by atoms with E-state index in [1.165, 1.54) is 31.5 Å². The summed E-state index contributed by atoms with van der Waals surface area (Å²) in [4.78, 5) is 15.8. The molecule has 3 aliphatic heterocycles. The minimum absolute atomic E-state index is 0.0953. The van der Waals surface area contributed by atoms with Gasteiger partial charge in [-0.1, -0.05) is 17.7 Å². The van der Waals surface area contributed by atoms with E-state index in [9.17, 15) is 9.90 Å². The number of aryl methyl sites for hydroxylation is 1. The second-order valence-electron chi connectivity index (χ2n) is 6.06. The Hall–Kier alpha value is -1.55. The summed E-state index contributed by atoms with van der Waals surface area (Å²) in [6, 6.07) is 8.57. The minimum Gasteiger partial charge on any atom is -0.480 e. The molecule has 0 radical (unpaired) electrons. The molecule has 4 heteroatoms. The van der Waals surface area contributed by atoms with Gasteiger partial charge in [-0.05, 0) is 50.9 Å². The number of nitrogens with zero attached hydrogens (tertiary/aromatic N) is 2. The largest absolute Gasteiger partial charge is 0.480 e. The molecular formula is C16H22N2O2. The first-order valence-electron chi connectivity index (χ1n) is 7.41. The summed E-state index contributed by atoms with van der Waals surface area (Å²) in [5.41, 5.74) is 2.25. The van der Waals surface area contributed by atoms with Gasteiger partial charge in [0, 0.05) is 18.3 Å². The van der Waals surface area contributed by atoms with Crippen LogP contribution in [-0.4, -0.2) is 48.2 Å². The van der Waals surface area contributed by atoms with Gasteiger partial charge in [0.15, 0.2) is 0 Å². The molecule has 1 unspecified atom stereocenters. The van der Waals surface area contributed by atoms with E-state index in [2.05, 4.69) is 41.0 Å². The Kier molecular flexibility index (Phi) is 3.66. The Morgan fingerprint density at radius 1 is 1.30 bits per heavy atom. The SMILES string of the molecule is Cc1ccc(N(CC(=O)O)C2CN3CCC2CC3)cc1. The molecule has 0 aromatic heterocycles. The molecule has 1 N–H and O–H groups in total. The van der Waals surface area contributed by atoms with Gasteiger partial charge in [0.1, 0.15) is 6.54 Å². The van der Waals surface area contributed by atoms with E-state index in [-0.39, 0.29) is 6.54 Å². The van der Waals surface area contributed by atoms with E-state index in [0.29, 0.717) is 12.0 Å². The van der Waals surface area contributed by atoms with Crippen molar-refractivity contribution in [3.8, 4) is 0 Å². The quantitative estimate of drug-likeness (QED) is 0.912. The topological polar surface area (TPSA) is 43.8 Å². The molecule has 0 amide bonds. The zero-order valence-electron chi connectivity index (χ0n) is 12.0. The standard InChI is InChI=1S/C16H22N2O2/c1-12-2-4-14(5-3-12)18(11-16(19)20)15-10-17-8-6-13(15)7-9-17/h2-5,13,15H,6-11H2,1H3,(H,19,20). The number of benzene rings is 1. The predicted octanol–water partition coefficient (Wildman–Crippen LogP) is 1.98. The summed E-state index contributed by atoms with van der Waals surface area (Å²) >= 11 is 0. The molecule has 3 heterocycles. The minimum atomic E-state index is -0.748. The maximum Gasteiger partial charge on any atom is 0.323 e. The molecule has 20 heavy (non-hydrogen) atoms. The van der Waals surface area contributed by atoms with Crippen LogP contribution in [0.2, 0.25) is 0 Å². The first-order chi connectivity index (χ1) is 9.63. The molecule has 4 nitrogen and oxygen atoms in total. The van der Waals surface area contributed by atoms with Crippen LogP contribution < -0.4 is 4.90 Å². The number of hydrogen-bond acceptors (Lipinski definition) is 3. The molecule has 3 fully saturated rings. The van der Waals surface area contributed by atoms with Gasteiger partial charge in [0.25, 0.3) is 0 Å². The lowest BCUT2D eigenvalue weighted by Crippen LogP contribution is -2.58. The van der Waals surface area contributed by atoms with Crippen molar-refractivity contribution >= 4 is 11.7 Å². The van der Waals surface area contributed by atoms with Crippen LogP contribution in [0.25, 0.3) is 0 Å². The number of anilines is 1. The Labute approximate surface area is 120 Å². The molecule has 3 saturated heterocycles. The molecule has 0 spiro atoms. The fourth-order valence-electron chi connectivity index (χ4n) is 3.57. The summed E-state index contributed by atoms with van der Waals surface area (Å²) in [5, 5.41) is 9.25. The molecule has 1 aromatic carbocycles. The van der Waals surface area contributed by atoms with Gasteiger partial charge >= 0.3 is 5.97 Å². The molecule has 0 saturated carbocycles. The normalized spacial score (nSPS) is 28.4. The Morgan fingerprint density at radius 3 is 2.45 bits per heavy atom. The highest BCUT2D eigenvalue weighted by molar-refractivity contribution is 5.74. The molecular weight excluding hydrogens is 252 g/mol. The molecule has 3 aliphatic rings. The Bertz CT molecular complexity index is 478. The zero-order valence-corrected chi connectivity index (χ0v) is 12.0. The second-order valence-corrected chi connectivity index (χ2v) is 6.06. The van der Waals surface area contributed by atoms with Crippen LogP contribution in [0.5, 0.6) is 0 Å². The Morgan fingerprint density at radius 2 is 1.95 bits per heavy atom. The highest BCUT2D eigenvalue weighted by Gasteiger charge is 2.38. The lowest BCUT2D eigenvalue weighted by molar-refractivity contribution is -0.135. The van der Waals surface area contributed by atoms with Gasteiger partial charge < -0.3 is 14.9 Å². The van der Waals surface area contributed by atoms with Gasteiger partial charge in [0.2, 0.25) is 0 Å². The summed E-state index contributed by atoms with van der Waals surface area (Å²) in [5.74, 6) is -0.109. The van der Waals surface area contributed by atoms with E-state index in [1.807, 2.05) is 0 Å². The van der Waals surface area contributed by atoms with Crippen LogP contribution in [0.15, 0.2) is 24.3 Å². The van der Waals surface area contributed by atoms with Gasteiger partial charge in [0.05, 0.1) is 0 Å². The fourth-order valence-corrected chi connectivity index (χ4v) is 3.57. The molecule has 108 valence electrons. The van der Waals surface area contributed by atoms with Gasteiger partial charge in [-0.15, -0.1) is 0 Å². The van der Waals surface area contributed by atoms with Gasteiger partial charge in [-0.2, -0.15) is 0 Å². The number of carbonyl (C=O) groups is 1. The van der Waals surface area contributed by atoms with Crippen molar-refractivity contribution in [1.82, 2.24) is 4.90 Å². The molecule has 1 atom stereocenters. The third-order valence-corrected chi connectivity index (χ3v) is 4.69. The zero-order chi connectivity index (χ0) is 14.1. The molecule has 0 aliphatic carbocycles. The van der Waals surface area contributed by atoms with Crippen molar-refractivity contribution in [3.63, 3.8) is 0 Å². The smallest absolute Gasteiger partial charge is 0.323 e. The van der Waals surface area contributed by atoms with E-state index in [4.69, 9.17) is 0 Å². The second kappa shape index (κ2) is 5.44. The van der Waals surface area contributed by atoms with Crippen LogP contribution >= 0.6 is 0 Å². The van der Waals surface area contributed by atoms with Crippen molar-refractivity contribution in [2.45, 2.75) is 25.8 Å². The third-order valence-electron chi connectivity index (χ3n) is 4.69. The monoisotopic (exact) mass is 274 g/mol. The number of rotatable bonds is 4. The summed E-state index contributed by atoms with van der Waals surface area (Å²) < 4.78 is 0. The lowest BCUT2D eigenvalue weighted by Gasteiger charge is -2.49. The van der Waals surface area contributed by atoms with Crippen molar-refractivity contribution < 1.29 is 9.90 Å². The van der Waals surface area contributed by atoms with Crippen LogP contribution in [-0.2, 0) is 4.79 Å². The molecule has 1 aromatic rings. The average molecular weight is 274 g/mol. The van der Waals surface area contributed by atoms with Crippen molar-refractivity contribution in [2.75, 3.05) is 31.1 Å². The van der Waals surface area contributed by atoms with Gasteiger partial charge in [-0.25, -0.2) is 0 Å². The highest BCUT2D eigenvalue weighted by Crippen LogP contribution is 2.33. The average Bonchev–Trinajstić information content (AvgIpc) is 2.47. The predicted molar refractivity (Wildman–Crippen MR) is 79.1 cm³/mol. The number of hydrogen-bond donors (Lipinski definition) is 1. The van der Waals surface area contributed by atoms with Crippen LogP contribution in [0.1, 0.15) is 18.4 Å². The number of carboxylic acids is 1. The highest BCUT2D eigenvalue weighted by atomic mass is 16.4. The van der Waals surface area contributed by atoms with Crippen molar-refractivity contribution in [2.24, 2.45) is 5.92 Å². The fraction of sp³-hybridized carbons (Fsp3) is 0.562. The maximum atomic E-state index is 11.2. The van der Waals surface area contributed by atoms with Gasteiger partial charge in [-0.3, -0.25) is 4.79 Å². The number of carboxylic acid groups (broad SMARTS) is 1. The third kappa shape index (κ3) is 2.66. The molecule has 2 bridgehead atoms. The number of piperidine rings is 3. The number of aliphatic carboxylic acids is 1. The Balaban J connectivity index is 1.86. The summed E-state index contributed by atoms with van der Waals surface area (Å²) in [7, 11) is 0. The summed E-state index contributed by atoms with van der Waals surface area (Å²) in [6.07, 6.45) is 2.40. The van der Waals surface area contributed by atoms with E-state index in [0.717, 1.165) is 12.2 Å². The first-order valence-corrected chi connectivity index (χ1v) is 7.41. The number of fused-ring (bicyclic) bond motifs is 3. The van der Waals surface area contributed by atoms with Crippen LogP contribution in [0, 0.1) is 12.8 Å². The van der Waals surface area contributed by atoms with Crippen molar-refractivity contribution in [3.05, 3.63) is 29.8 Å². The maximum absolute atomic E-state index is 11.2. The molecule has 4 rings (SSSR count). The van der Waals surface area contributed by atoms with E-state index >= 15 is 0 Å². The van der Waals surface area contributed by atoms with Crippen LogP contribution in [0.3, 0.4) is 0 Å². The lowest BCUT2D eigenvalue weighted by atomic mass is 9.83. The first kappa shape index (κ1) is 13.4. The summed E-state index contributed by atoms with van der Waals surface area (Å²) in [6.45, 7) is 5.51. The van der Waals surface area contributed by atoms with E-state index < -0.39 is 5.97 Å². The van der Waals surface area contributed by atoms with Crippen molar-refractivity contribution in [1.29, 1.82) is 0 Å². The van der Waals surface area contributed by atoms with Crippen LogP contribution in [0.4, 0.5) is 5.69 Å². The van der Waals surface area contributed by atoms with E-state index in [1.54, 1.807) is 0 Å².